The van der Waals surface area contributed by atoms with Crippen molar-refractivity contribution in [3.63, 3.8) is 0 Å². The van der Waals surface area contributed by atoms with Gasteiger partial charge in [0.1, 0.15) is 11.5 Å². The number of nitrogens with zero attached hydrogens (tertiary/aromatic N) is 1. The van der Waals surface area contributed by atoms with E-state index in [2.05, 4.69) is 17.0 Å². The Balaban J connectivity index is 1.92. The van der Waals surface area contributed by atoms with Crippen molar-refractivity contribution in [2.24, 2.45) is 5.73 Å². The van der Waals surface area contributed by atoms with Crippen molar-refractivity contribution >= 4 is 5.91 Å². The summed E-state index contributed by atoms with van der Waals surface area (Å²) in [5.41, 5.74) is 7.68. The van der Waals surface area contributed by atoms with Crippen LogP contribution in [-0.2, 0) is 11.3 Å². The summed E-state index contributed by atoms with van der Waals surface area (Å²) in [5, 5.41) is 0. The Morgan fingerprint density at radius 1 is 1.29 bits per heavy atom. The van der Waals surface area contributed by atoms with Gasteiger partial charge in [-0.15, -0.1) is 0 Å². The summed E-state index contributed by atoms with van der Waals surface area (Å²) in [6.07, 6.45) is 0.806. The van der Waals surface area contributed by atoms with Gasteiger partial charge in [-0.25, -0.2) is 0 Å². The minimum Gasteiger partial charge on any atom is -0.497 e. The fraction of sp³-hybridized carbons (Fsp3) is 0.316. The monoisotopic (exact) mass is 326 g/mol. The van der Waals surface area contributed by atoms with Crippen LogP contribution < -0.4 is 15.2 Å². The second kappa shape index (κ2) is 7.36. The molecule has 2 aromatic rings. The van der Waals surface area contributed by atoms with Gasteiger partial charge < -0.3 is 15.2 Å². The van der Waals surface area contributed by atoms with E-state index in [4.69, 9.17) is 15.2 Å². The Labute approximate surface area is 142 Å². The van der Waals surface area contributed by atoms with Crippen molar-refractivity contribution in [1.29, 1.82) is 0 Å². The van der Waals surface area contributed by atoms with Gasteiger partial charge in [-0.3, -0.25) is 9.69 Å². The van der Waals surface area contributed by atoms with Gasteiger partial charge in [0.25, 0.3) is 0 Å². The largest absolute Gasteiger partial charge is 0.497 e. The van der Waals surface area contributed by atoms with Crippen molar-refractivity contribution in [3.05, 3.63) is 59.7 Å². The molecule has 0 spiro atoms. The van der Waals surface area contributed by atoms with Crippen LogP contribution in [0.25, 0.3) is 0 Å². The third-order valence-corrected chi connectivity index (χ3v) is 4.25. The van der Waals surface area contributed by atoms with Gasteiger partial charge in [0, 0.05) is 24.6 Å². The van der Waals surface area contributed by atoms with Crippen molar-refractivity contribution in [1.82, 2.24) is 4.90 Å². The molecule has 126 valence electrons. The van der Waals surface area contributed by atoms with Crippen LogP contribution in [0, 0.1) is 0 Å². The van der Waals surface area contributed by atoms with E-state index in [9.17, 15) is 4.79 Å². The normalized spacial score (nSPS) is 16.3. The maximum absolute atomic E-state index is 11.6. The number of nitrogens with two attached hydrogens (primary N) is 1. The Bertz CT molecular complexity index is 703. The minimum atomic E-state index is -0.332. The molecule has 0 radical (unpaired) electrons. The number of fused-ring (bicyclic) bond motifs is 1. The van der Waals surface area contributed by atoms with E-state index < -0.39 is 0 Å². The van der Waals surface area contributed by atoms with Gasteiger partial charge in [0.15, 0.2) is 0 Å². The molecule has 3 rings (SSSR count). The molecule has 2 N–H and O–H groups in total. The van der Waals surface area contributed by atoms with E-state index in [-0.39, 0.29) is 18.5 Å². The highest BCUT2D eigenvalue weighted by Crippen LogP contribution is 2.38. The number of amides is 1. The molecule has 0 aliphatic carbocycles. The number of hydrogen-bond acceptors (Lipinski definition) is 4. The summed E-state index contributed by atoms with van der Waals surface area (Å²) < 4.78 is 11.1. The zero-order chi connectivity index (χ0) is 16.9. The Kier molecular flexibility index (Phi) is 5.01. The van der Waals surface area contributed by atoms with E-state index >= 15 is 0 Å². The molecule has 0 bridgehead atoms. The first kappa shape index (κ1) is 16.3. The molecule has 1 amide bonds. The second-order valence-electron chi connectivity index (χ2n) is 5.91. The lowest BCUT2D eigenvalue weighted by atomic mass is 9.97. The lowest BCUT2D eigenvalue weighted by Crippen LogP contribution is -2.38. The van der Waals surface area contributed by atoms with Crippen molar-refractivity contribution in [2.45, 2.75) is 19.0 Å². The van der Waals surface area contributed by atoms with Gasteiger partial charge >= 0.3 is 0 Å². The first-order chi connectivity index (χ1) is 11.7. The number of carbonyl (C=O) groups is 1. The van der Waals surface area contributed by atoms with Crippen LogP contribution in [0.3, 0.4) is 0 Å². The fourth-order valence-electron chi connectivity index (χ4n) is 3.16. The molecule has 0 aromatic heterocycles. The first-order valence-corrected chi connectivity index (χ1v) is 8.04. The molecule has 1 aliphatic heterocycles. The summed E-state index contributed by atoms with van der Waals surface area (Å²) in [7, 11) is 1.64. The van der Waals surface area contributed by atoms with Gasteiger partial charge in [-0.05, 0) is 23.8 Å². The van der Waals surface area contributed by atoms with E-state index in [1.807, 2.05) is 36.4 Å². The average Bonchev–Trinajstić information content (AvgIpc) is 2.60. The molecule has 1 atom stereocenters. The molecule has 1 unspecified atom stereocenters. The summed E-state index contributed by atoms with van der Waals surface area (Å²) in [5.74, 6) is 1.29. The average molecular weight is 326 g/mol. The maximum atomic E-state index is 11.6. The highest BCUT2D eigenvalue weighted by Gasteiger charge is 2.28. The maximum Gasteiger partial charge on any atom is 0.231 e. The predicted octanol–water partition coefficient (Wildman–Crippen LogP) is 2.51. The summed E-state index contributed by atoms with van der Waals surface area (Å²) >= 11 is 0. The number of carbonyl (C=O) groups excluding carboxylic acids is 1. The standard InChI is InChI=1S/C19H22N2O3/c1-23-15-7-8-18-16(11-15)17(9-10-24-18)21(13-19(20)22)12-14-5-3-2-4-6-14/h2-8,11,17H,9-10,12-13H2,1H3,(H2,20,22). The third-order valence-electron chi connectivity index (χ3n) is 4.25. The van der Waals surface area contributed by atoms with Gasteiger partial charge in [-0.2, -0.15) is 0 Å². The van der Waals surface area contributed by atoms with Crippen LogP contribution in [0.5, 0.6) is 11.5 Å². The quantitative estimate of drug-likeness (QED) is 0.886. The van der Waals surface area contributed by atoms with Crippen LogP contribution in [0.15, 0.2) is 48.5 Å². The van der Waals surface area contributed by atoms with Crippen LogP contribution in [0.4, 0.5) is 0 Å². The zero-order valence-electron chi connectivity index (χ0n) is 13.8. The lowest BCUT2D eigenvalue weighted by molar-refractivity contribution is -0.120. The number of methoxy groups -OCH3 is 1. The summed E-state index contributed by atoms with van der Waals surface area (Å²) in [6, 6.07) is 15.9. The SMILES string of the molecule is COc1ccc2c(c1)C(N(CC(N)=O)Cc1ccccc1)CCO2. The van der Waals surface area contributed by atoms with Gasteiger partial charge in [0.05, 0.1) is 20.3 Å². The summed E-state index contributed by atoms with van der Waals surface area (Å²) in [4.78, 5) is 13.7. The molecule has 0 saturated carbocycles. The molecule has 1 aliphatic rings. The minimum absolute atomic E-state index is 0.0663. The summed E-state index contributed by atoms with van der Waals surface area (Å²) in [6.45, 7) is 1.48. The van der Waals surface area contributed by atoms with Gasteiger partial charge in [-0.1, -0.05) is 30.3 Å². The van der Waals surface area contributed by atoms with E-state index in [0.29, 0.717) is 13.2 Å². The zero-order valence-corrected chi connectivity index (χ0v) is 13.8. The topological polar surface area (TPSA) is 64.8 Å². The Morgan fingerprint density at radius 3 is 2.79 bits per heavy atom. The first-order valence-electron chi connectivity index (χ1n) is 8.04. The van der Waals surface area contributed by atoms with Crippen LogP contribution in [-0.4, -0.2) is 31.1 Å². The van der Waals surface area contributed by atoms with E-state index in [1.165, 1.54) is 0 Å². The third kappa shape index (κ3) is 3.68. The van der Waals surface area contributed by atoms with Crippen LogP contribution in [0.1, 0.15) is 23.6 Å². The Hall–Kier alpha value is -2.53. The molecule has 5 heteroatoms. The van der Waals surface area contributed by atoms with Crippen LogP contribution in [0.2, 0.25) is 0 Å². The van der Waals surface area contributed by atoms with E-state index in [1.54, 1.807) is 7.11 Å². The molecule has 0 saturated heterocycles. The number of benzene rings is 2. The molecule has 2 aromatic carbocycles. The van der Waals surface area contributed by atoms with Crippen molar-refractivity contribution < 1.29 is 14.3 Å². The number of hydrogen-bond donors (Lipinski definition) is 1. The second-order valence-corrected chi connectivity index (χ2v) is 5.91. The Morgan fingerprint density at radius 2 is 2.08 bits per heavy atom. The highest BCUT2D eigenvalue weighted by atomic mass is 16.5. The van der Waals surface area contributed by atoms with Crippen molar-refractivity contribution in [2.75, 3.05) is 20.3 Å². The molecular formula is C19H22N2O3. The molecule has 0 fully saturated rings. The van der Waals surface area contributed by atoms with Gasteiger partial charge in [0.2, 0.25) is 5.91 Å². The fourth-order valence-corrected chi connectivity index (χ4v) is 3.16. The number of rotatable bonds is 6. The molecule has 5 nitrogen and oxygen atoms in total. The number of ether oxygens (including phenoxy) is 2. The van der Waals surface area contributed by atoms with Crippen LogP contribution >= 0.6 is 0 Å². The smallest absolute Gasteiger partial charge is 0.231 e. The molecular weight excluding hydrogens is 304 g/mol. The predicted molar refractivity (Wildman–Crippen MR) is 91.9 cm³/mol. The lowest BCUT2D eigenvalue weighted by Gasteiger charge is -2.35. The molecule has 24 heavy (non-hydrogen) atoms. The number of primary amides is 1. The molecule has 1 heterocycles. The van der Waals surface area contributed by atoms with E-state index in [0.717, 1.165) is 29.0 Å². The highest BCUT2D eigenvalue weighted by molar-refractivity contribution is 5.76. The van der Waals surface area contributed by atoms with Crippen molar-refractivity contribution in [3.8, 4) is 11.5 Å².